The van der Waals surface area contributed by atoms with Gasteiger partial charge in [-0.15, -0.1) is 0 Å². The number of alkyl halides is 1. The fourth-order valence-corrected chi connectivity index (χ4v) is 4.29. The van der Waals surface area contributed by atoms with Gasteiger partial charge in [0.2, 0.25) is 0 Å². The quantitative estimate of drug-likeness (QED) is 0.207. The molecule has 0 nitrogen and oxygen atoms in total. The minimum atomic E-state index is -0.452. The van der Waals surface area contributed by atoms with E-state index in [4.69, 9.17) is 0 Å². The van der Waals surface area contributed by atoms with Crippen LogP contribution in [0, 0.1) is 12.7 Å². The first kappa shape index (κ1) is 21.2. The van der Waals surface area contributed by atoms with E-state index in [9.17, 15) is 8.78 Å². The van der Waals surface area contributed by atoms with Crippen LogP contribution in [0.4, 0.5) is 8.78 Å². The predicted octanol–water partition coefficient (Wildman–Crippen LogP) is 8.87. The summed E-state index contributed by atoms with van der Waals surface area (Å²) in [5.41, 5.74) is 1.64. The van der Waals surface area contributed by atoms with Crippen LogP contribution in [0.5, 0.6) is 0 Å². The zero-order valence-corrected chi connectivity index (χ0v) is 20.5. The molecule has 0 aliphatic heterocycles. The van der Waals surface area contributed by atoms with Gasteiger partial charge in [-0.2, -0.15) is 0 Å². The molecule has 0 bridgehead atoms. The zero-order chi connectivity index (χ0) is 17.0. The van der Waals surface area contributed by atoms with Gasteiger partial charge in [0, 0.05) is 22.4 Å². The summed E-state index contributed by atoms with van der Waals surface area (Å²) in [6.07, 6.45) is 0. The van der Waals surface area contributed by atoms with Crippen molar-refractivity contribution in [1.29, 1.82) is 0 Å². The number of hydrogen-bond donors (Lipinski definition) is 0. The number of hydrogen-bond acceptors (Lipinski definition) is 0. The molecule has 0 saturated heterocycles. The molecule has 2 aromatic rings. The molecule has 0 spiro atoms. The van der Waals surface area contributed by atoms with Gasteiger partial charge in [0.25, 0.3) is 0 Å². The van der Waals surface area contributed by atoms with E-state index in [1.807, 2.05) is 13.0 Å². The van der Waals surface area contributed by atoms with Crippen LogP contribution in [0.15, 0.2) is 45.0 Å². The molecule has 0 radical (unpaired) electrons. The van der Waals surface area contributed by atoms with Crippen LogP contribution in [0.3, 0.4) is 0 Å². The Labute approximate surface area is 178 Å². The van der Waals surface area contributed by atoms with Crippen molar-refractivity contribution in [3.05, 3.63) is 62.0 Å². The predicted molar refractivity (Wildman–Crippen MR) is 109 cm³/mol. The van der Waals surface area contributed by atoms with Crippen molar-refractivity contribution in [3.8, 4) is 0 Å². The third kappa shape index (κ3) is 5.62. The molecule has 0 fully saturated rings. The monoisotopic (exact) mass is 688 g/mol. The smallest absolute Gasteiger partial charge is 0.139 e. The van der Waals surface area contributed by atoms with Gasteiger partial charge in [0.15, 0.2) is 0 Å². The Bertz CT molecular complexity index is 662. The number of rotatable bonds is 1. The van der Waals surface area contributed by atoms with Gasteiger partial charge in [0.05, 0.1) is 4.47 Å². The van der Waals surface area contributed by atoms with Gasteiger partial charge in [0.1, 0.15) is 12.5 Å². The Balaban J connectivity index is 0.000000220. The first-order chi connectivity index (χ1) is 10.2. The molecule has 0 amide bonds. The normalized spacial score (nSPS) is 10.2. The molecule has 0 unspecified atom stereocenters. The molecule has 0 aromatic heterocycles. The first-order valence-corrected chi connectivity index (χ1v) is 10.4. The lowest BCUT2D eigenvalue weighted by molar-refractivity contribution is 0.483. The summed E-state index contributed by atoms with van der Waals surface area (Å²) in [6, 6.07) is 5.00. The average molecular weight is 694 g/mol. The van der Waals surface area contributed by atoms with Crippen LogP contribution in [-0.4, -0.2) is 0 Å². The van der Waals surface area contributed by atoms with Gasteiger partial charge >= 0.3 is 0 Å². The second-order valence-electron chi connectivity index (χ2n) is 4.08. The molecule has 8 heteroatoms. The third-order valence-corrected chi connectivity index (χ3v) is 8.28. The highest BCUT2D eigenvalue weighted by Crippen LogP contribution is 2.33. The van der Waals surface area contributed by atoms with Crippen LogP contribution >= 0.6 is 95.6 Å². The molecule has 0 N–H and O–H groups in total. The summed E-state index contributed by atoms with van der Waals surface area (Å²) in [4.78, 5) is 0. The maximum absolute atomic E-state index is 12.9. The van der Waals surface area contributed by atoms with E-state index in [1.165, 1.54) is 6.07 Å². The number of benzene rings is 2. The highest BCUT2D eigenvalue weighted by Gasteiger charge is 2.09. The van der Waals surface area contributed by atoms with Gasteiger partial charge in [-0.25, -0.2) is 8.78 Å². The van der Waals surface area contributed by atoms with E-state index in [1.54, 1.807) is 6.07 Å². The van der Waals surface area contributed by atoms with Gasteiger partial charge in [-0.05, 0) is 100.0 Å². The van der Waals surface area contributed by atoms with Crippen LogP contribution in [-0.2, 0) is 6.67 Å². The summed E-state index contributed by atoms with van der Waals surface area (Å²) in [5, 5.41) is 0. The Morgan fingerprint density at radius 2 is 1.32 bits per heavy atom. The van der Waals surface area contributed by atoms with E-state index in [0.717, 1.165) is 27.9 Å². The summed E-state index contributed by atoms with van der Waals surface area (Å²) in [5.74, 6) is -0.269. The van der Waals surface area contributed by atoms with Crippen LogP contribution in [0.25, 0.3) is 0 Å². The van der Waals surface area contributed by atoms with Crippen molar-refractivity contribution in [2.45, 2.75) is 13.6 Å². The molecule has 120 valence electrons. The average Bonchev–Trinajstić information content (AvgIpc) is 2.47. The zero-order valence-electron chi connectivity index (χ0n) is 11.0. The van der Waals surface area contributed by atoms with Gasteiger partial charge in [-0.1, -0.05) is 31.9 Å². The Morgan fingerprint density at radius 3 is 1.86 bits per heavy atom. The molecular formula is C14H8Br6F2. The summed E-state index contributed by atoms with van der Waals surface area (Å²) in [6.45, 7) is 1.45. The van der Waals surface area contributed by atoms with E-state index in [2.05, 4.69) is 95.6 Å². The molecule has 0 aliphatic rings. The van der Waals surface area contributed by atoms with Crippen LogP contribution < -0.4 is 0 Å². The van der Waals surface area contributed by atoms with Crippen molar-refractivity contribution in [2.75, 3.05) is 0 Å². The molecule has 2 aromatic carbocycles. The molecule has 0 aliphatic carbocycles. The SMILES string of the molecule is Cc1c(Br)cc(F)c(Br)c1Br.FCc1cc(Br)c(Br)cc1Br. The van der Waals surface area contributed by atoms with Gasteiger partial charge < -0.3 is 0 Å². The minimum absolute atomic E-state index is 0.269. The van der Waals surface area contributed by atoms with Crippen molar-refractivity contribution in [1.82, 2.24) is 0 Å². The van der Waals surface area contributed by atoms with E-state index >= 15 is 0 Å². The second-order valence-corrected chi connectivity index (χ2v) is 9.09. The fourth-order valence-electron chi connectivity index (χ4n) is 1.32. The molecule has 0 heterocycles. The number of halogens is 8. The summed E-state index contributed by atoms with van der Waals surface area (Å²) in [7, 11) is 0. The minimum Gasteiger partial charge on any atom is -0.246 e. The summed E-state index contributed by atoms with van der Waals surface area (Å²) >= 11 is 19.5. The first-order valence-electron chi connectivity index (χ1n) is 5.68. The molecule has 0 saturated carbocycles. The second kappa shape index (κ2) is 9.61. The Morgan fingerprint density at radius 1 is 0.773 bits per heavy atom. The van der Waals surface area contributed by atoms with E-state index in [0.29, 0.717) is 10.0 Å². The Kier molecular flexibility index (Phi) is 9.27. The lowest BCUT2D eigenvalue weighted by Crippen LogP contribution is -1.85. The molecule has 2 rings (SSSR count). The topological polar surface area (TPSA) is 0 Å². The van der Waals surface area contributed by atoms with E-state index in [-0.39, 0.29) is 5.82 Å². The van der Waals surface area contributed by atoms with Gasteiger partial charge in [-0.3, -0.25) is 0 Å². The summed E-state index contributed by atoms with van der Waals surface area (Å²) < 4.78 is 29.7. The lowest BCUT2D eigenvalue weighted by atomic mass is 10.2. The standard InChI is InChI=1S/2C7H4Br3F/c8-5-2-7(10)6(9)1-4(5)3-11;1-3-4(8)2-5(11)7(10)6(3)9/h1-2H,3H2;2H,1H3. The highest BCUT2D eigenvalue weighted by atomic mass is 79.9. The molecular weight excluding hydrogens is 686 g/mol. The Hall–Kier alpha value is 1.18. The highest BCUT2D eigenvalue weighted by molar-refractivity contribution is 9.13. The fraction of sp³-hybridized carbons (Fsp3) is 0.143. The lowest BCUT2D eigenvalue weighted by Gasteiger charge is -2.04. The van der Waals surface area contributed by atoms with E-state index < -0.39 is 6.67 Å². The maximum atomic E-state index is 12.9. The van der Waals surface area contributed by atoms with Crippen molar-refractivity contribution in [2.24, 2.45) is 0 Å². The maximum Gasteiger partial charge on any atom is 0.139 e. The van der Waals surface area contributed by atoms with Crippen LogP contribution in [0.2, 0.25) is 0 Å². The van der Waals surface area contributed by atoms with Crippen LogP contribution in [0.1, 0.15) is 11.1 Å². The largest absolute Gasteiger partial charge is 0.246 e. The van der Waals surface area contributed by atoms with Crippen molar-refractivity contribution in [3.63, 3.8) is 0 Å². The third-order valence-electron chi connectivity index (χ3n) is 2.58. The van der Waals surface area contributed by atoms with Crippen molar-refractivity contribution < 1.29 is 8.78 Å². The molecule has 0 atom stereocenters. The van der Waals surface area contributed by atoms with Crippen molar-refractivity contribution >= 4 is 95.6 Å². The molecule has 22 heavy (non-hydrogen) atoms.